The molecule has 0 radical (unpaired) electrons. The van der Waals surface area contributed by atoms with Gasteiger partial charge in [0.15, 0.2) is 0 Å². The van der Waals surface area contributed by atoms with Gasteiger partial charge in [0.05, 0.1) is 0 Å². The molecule has 24 heavy (non-hydrogen) atoms. The first kappa shape index (κ1) is 15.4. The van der Waals surface area contributed by atoms with Crippen LogP contribution in [0.25, 0.3) is 10.9 Å². The van der Waals surface area contributed by atoms with Crippen LogP contribution in [0.3, 0.4) is 0 Å². The van der Waals surface area contributed by atoms with Crippen LogP contribution in [0.4, 0.5) is 4.39 Å². The zero-order valence-electron chi connectivity index (χ0n) is 14.6. The summed E-state index contributed by atoms with van der Waals surface area (Å²) in [6.45, 7) is 7.27. The van der Waals surface area contributed by atoms with Gasteiger partial charge in [0.1, 0.15) is 5.82 Å². The third kappa shape index (κ3) is 2.53. The van der Waals surface area contributed by atoms with Gasteiger partial charge in [0.2, 0.25) is 0 Å². The van der Waals surface area contributed by atoms with Gasteiger partial charge in [-0.3, -0.25) is 4.90 Å². The van der Waals surface area contributed by atoms with E-state index in [0.29, 0.717) is 0 Å². The van der Waals surface area contributed by atoms with Crippen LogP contribution in [0.1, 0.15) is 27.9 Å². The Morgan fingerprint density at radius 2 is 1.83 bits per heavy atom. The lowest BCUT2D eigenvalue weighted by atomic mass is 9.98. The highest BCUT2D eigenvalue weighted by Crippen LogP contribution is 2.33. The molecule has 2 heterocycles. The lowest BCUT2D eigenvalue weighted by molar-refractivity contribution is 0.240. The second-order valence-electron chi connectivity index (χ2n) is 7.05. The summed E-state index contributed by atoms with van der Waals surface area (Å²) >= 11 is 0. The van der Waals surface area contributed by atoms with Crippen LogP contribution in [0, 0.1) is 19.7 Å². The van der Waals surface area contributed by atoms with Gasteiger partial charge < -0.3 is 4.57 Å². The standard InChI is InChI=1S/C21H23FN2/c1-14-10-15(2)21-18-8-9-24(12-16-4-6-17(22)7-5-16)13-20(18)23(3)19(21)11-14/h4-7,10-11H,8-9,12-13H2,1-3H3. The third-order valence-electron chi connectivity index (χ3n) is 5.25. The van der Waals surface area contributed by atoms with Crippen molar-refractivity contribution in [3.05, 3.63) is 70.2 Å². The van der Waals surface area contributed by atoms with Gasteiger partial charge in [-0.2, -0.15) is 0 Å². The largest absolute Gasteiger partial charge is 0.346 e. The molecule has 0 bridgehead atoms. The van der Waals surface area contributed by atoms with Crippen LogP contribution in [0.15, 0.2) is 36.4 Å². The zero-order valence-corrected chi connectivity index (χ0v) is 14.6. The monoisotopic (exact) mass is 322 g/mol. The number of hydrogen-bond acceptors (Lipinski definition) is 1. The number of fused-ring (bicyclic) bond motifs is 3. The average Bonchev–Trinajstić information content (AvgIpc) is 2.83. The first-order chi connectivity index (χ1) is 11.5. The van der Waals surface area contributed by atoms with E-state index in [4.69, 9.17) is 0 Å². The summed E-state index contributed by atoms with van der Waals surface area (Å²) in [5.74, 6) is -0.167. The molecule has 0 atom stereocenters. The molecule has 1 aliphatic rings. The molecule has 0 saturated carbocycles. The van der Waals surface area contributed by atoms with Crippen molar-refractivity contribution in [2.45, 2.75) is 33.4 Å². The molecule has 0 N–H and O–H groups in total. The highest BCUT2D eigenvalue weighted by atomic mass is 19.1. The predicted octanol–water partition coefficient (Wildman–Crippen LogP) is 4.49. The van der Waals surface area contributed by atoms with Gasteiger partial charge in [-0.05, 0) is 60.7 Å². The van der Waals surface area contributed by atoms with E-state index in [2.05, 4.69) is 42.5 Å². The van der Waals surface area contributed by atoms with Gasteiger partial charge in [0.25, 0.3) is 0 Å². The molecule has 0 aliphatic carbocycles. The van der Waals surface area contributed by atoms with Crippen LogP contribution < -0.4 is 0 Å². The number of halogens is 1. The van der Waals surface area contributed by atoms with Crippen molar-refractivity contribution in [1.29, 1.82) is 0 Å². The van der Waals surface area contributed by atoms with E-state index < -0.39 is 0 Å². The molecule has 0 amide bonds. The maximum atomic E-state index is 13.1. The summed E-state index contributed by atoms with van der Waals surface area (Å²) in [4.78, 5) is 2.46. The molecule has 0 unspecified atom stereocenters. The molecule has 3 aromatic rings. The Kier molecular flexibility index (Phi) is 3.69. The van der Waals surface area contributed by atoms with Crippen LogP contribution >= 0.6 is 0 Å². The predicted molar refractivity (Wildman–Crippen MR) is 96.6 cm³/mol. The Labute approximate surface area is 142 Å². The molecule has 124 valence electrons. The Bertz CT molecular complexity index is 906. The van der Waals surface area contributed by atoms with Crippen LogP contribution in [-0.4, -0.2) is 16.0 Å². The molecule has 2 aromatic carbocycles. The second kappa shape index (κ2) is 5.75. The number of rotatable bonds is 2. The topological polar surface area (TPSA) is 8.17 Å². The minimum Gasteiger partial charge on any atom is -0.346 e. The lowest BCUT2D eigenvalue weighted by Gasteiger charge is -2.28. The summed E-state index contributed by atoms with van der Waals surface area (Å²) in [6.07, 6.45) is 1.08. The summed E-state index contributed by atoms with van der Waals surface area (Å²) in [5, 5.41) is 1.44. The Hall–Kier alpha value is -2.13. The third-order valence-corrected chi connectivity index (χ3v) is 5.25. The molecule has 1 aliphatic heterocycles. The number of benzene rings is 2. The quantitative estimate of drug-likeness (QED) is 0.675. The number of hydrogen-bond donors (Lipinski definition) is 0. The van der Waals surface area contributed by atoms with Crippen molar-refractivity contribution in [1.82, 2.24) is 9.47 Å². The fraction of sp³-hybridized carbons (Fsp3) is 0.333. The zero-order chi connectivity index (χ0) is 16.8. The minimum atomic E-state index is -0.167. The summed E-state index contributed by atoms with van der Waals surface area (Å²) < 4.78 is 15.4. The molecule has 0 saturated heterocycles. The van der Waals surface area contributed by atoms with Crippen LogP contribution in [0.2, 0.25) is 0 Å². The first-order valence-electron chi connectivity index (χ1n) is 8.57. The Morgan fingerprint density at radius 1 is 1.08 bits per heavy atom. The minimum absolute atomic E-state index is 0.167. The van der Waals surface area contributed by atoms with Crippen molar-refractivity contribution in [3.8, 4) is 0 Å². The normalized spacial score (nSPS) is 15.0. The van der Waals surface area contributed by atoms with E-state index >= 15 is 0 Å². The van der Waals surface area contributed by atoms with Gasteiger partial charge in [-0.1, -0.05) is 18.2 Å². The molecule has 4 rings (SSSR count). The van der Waals surface area contributed by atoms with E-state index in [-0.39, 0.29) is 5.82 Å². The maximum Gasteiger partial charge on any atom is 0.123 e. The van der Waals surface area contributed by atoms with Crippen molar-refractivity contribution < 1.29 is 4.39 Å². The smallest absolute Gasteiger partial charge is 0.123 e. The number of aryl methyl sites for hydroxylation is 3. The Morgan fingerprint density at radius 3 is 2.58 bits per heavy atom. The SMILES string of the molecule is Cc1cc(C)c2c3c(n(C)c2c1)CN(Cc1ccc(F)cc1)CC3. The number of aromatic nitrogens is 1. The maximum absolute atomic E-state index is 13.1. The molecule has 0 fully saturated rings. The van der Waals surface area contributed by atoms with Gasteiger partial charge in [-0.15, -0.1) is 0 Å². The van der Waals surface area contributed by atoms with Crippen molar-refractivity contribution in [2.75, 3.05) is 6.54 Å². The molecule has 3 heteroatoms. The molecular weight excluding hydrogens is 299 g/mol. The van der Waals surface area contributed by atoms with E-state index in [0.717, 1.165) is 26.1 Å². The van der Waals surface area contributed by atoms with E-state index in [1.165, 1.54) is 38.9 Å². The summed E-state index contributed by atoms with van der Waals surface area (Å²) in [5.41, 5.74) is 8.16. The highest BCUT2D eigenvalue weighted by Gasteiger charge is 2.23. The highest BCUT2D eigenvalue weighted by molar-refractivity contribution is 5.89. The van der Waals surface area contributed by atoms with Crippen molar-refractivity contribution >= 4 is 10.9 Å². The Balaban J connectivity index is 1.68. The lowest BCUT2D eigenvalue weighted by Crippen LogP contribution is -2.30. The summed E-state index contributed by atoms with van der Waals surface area (Å²) in [7, 11) is 2.18. The van der Waals surface area contributed by atoms with Gasteiger partial charge in [-0.25, -0.2) is 4.39 Å². The van der Waals surface area contributed by atoms with E-state index in [1.54, 1.807) is 12.1 Å². The molecular formula is C21H23FN2. The second-order valence-corrected chi connectivity index (χ2v) is 7.05. The molecule has 1 aromatic heterocycles. The summed E-state index contributed by atoms with van der Waals surface area (Å²) in [6, 6.07) is 11.5. The average molecular weight is 322 g/mol. The van der Waals surface area contributed by atoms with Gasteiger partial charge in [0, 0.05) is 43.3 Å². The van der Waals surface area contributed by atoms with Crippen LogP contribution in [0.5, 0.6) is 0 Å². The fourth-order valence-corrected chi connectivity index (χ4v) is 4.11. The van der Waals surface area contributed by atoms with Gasteiger partial charge >= 0.3 is 0 Å². The first-order valence-corrected chi connectivity index (χ1v) is 8.57. The van der Waals surface area contributed by atoms with E-state index in [9.17, 15) is 4.39 Å². The molecule has 2 nitrogen and oxygen atoms in total. The fourth-order valence-electron chi connectivity index (χ4n) is 4.11. The van der Waals surface area contributed by atoms with Crippen LogP contribution in [-0.2, 0) is 26.6 Å². The molecule has 0 spiro atoms. The van der Waals surface area contributed by atoms with E-state index in [1.807, 2.05) is 12.1 Å². The van der Waals surface area contributed by atoms with Crippen molar-refractivity contribution in [2.24, 2.45) is 7.05 Å². The number of nitrogens with zero attached hydrogens (tertiary/aromatic N) is 2. The van der Waals surface area contributed by atoms with Crippen molar-refractivity contribution in [3.63, 3.8) is 0 Å².